The smallest absolute Gasteiger partial charge is 0.339 e. The van der Waals surface area contributed by atoms with Crippen LogP contribution in [0, 0.1) is 0 Å². The second-order valence-corrected chi connectivity index (χ2v) is 3.81. The first-order chi connectivity index (χ1) is 7.58. The van der Waals surface area contributed by atoms with Crippen molar-refractivity contribution >= 4 is 17.6 Å². The molecule has 1 aromatic carbocycles. The highest BCUT2D eigenvalue weighted by atomic mass is 35.5. The Labute approximate surface area is 97.1 Å². The summed E-state index contributed by atoms with van der Waals surface area (Å²) in [7, 11) is 1.69. The maximum atomic E-state index is 11.0. The van der Waals surface area contributed by atoms with E-state index in [4.69, 9.17) is 16.7 Å². The van der Waals surface area contributed by atoms with Crippen molar-refractivity contribution in [3.63, 3.8) is 0 Å². The van der Waals surface area contributed by atoms with Gasteiger partial charge in [0.25, 0.3) is 0 Å². The molecule has 0 aliphatic rings. The van der Waals surface area contributed by atoms with E-state index in [9.17, 15) is 4.79 Å². The number of hydrogen-bond acceptors (Lipinski definition) is 2. The fourth-order valence-electron chi connectivity index (χ4n) is 1.47. The third-order valence-corrected chi connectivity index (χ3v) is 2.43. The van der Waals surface area contributed by atoms with Gasteiger partial charge in [0.15, 0.2) is 0 Å². The molecule has 4 nitrogen and oxygen atoms in total. The average Bonchev–Trinajstić information content (AvgIpc) is 2.61. The second kappa shape index (κ2) is 3.98. The molecule has 0 aliphatic carbocycles. The van der Waals surface area contributed by atoms with E-state index >= 15 is 0 Å². The number of carbonyl (C=O) groups is 1. The standard InChI is InChI=1S/C11H9ClN2O2/c1-14-6-9(11(15)16)10(13-14)7-2-4-8(12)5-3-7/h2-6H,1H3,(H,15,16). The maximum Gasteiger partial charge on any atom is 0.339 e. The summed E-state index contributed by atoms with van der Waals surface area (Å²) in [5.41, 5.74) is 1.37. The van der Waals surface area contributed by atoms with Gasteiger partial charge in [-0.1, -0.05) is 23.7 Å². The number of aromatic nitrogens is 2. The molecule has 0 spiro atoms. The Kier molecular flexibility index (Phi) is 2.66. The van der Waals surface area contributed by atoms with E-state index in [1.165, 1.54) is 10.9 Å². The second-order valence-electron chi connectivity index (χ2n) is 3.38. The van der Waals surface area contributed by atoms with Crippen LogP contribution in [-0.2, 0) is 7.05 Å². The van der Waals surface area contributed by atoms with E-state index in [0.717, 1.165) is 5.56 Å². The predicted octanol–water partition coefficient (Wildman–Crippen LogP) is 2.44. The largest absolute Gasteiger partial charge is 0.478 e. The van der Waals surface area contributed by atoms with Gasteiger partial charge in [-0.15, -0.1) is 0 Å². The molecule has 0 radical (unpaired) electrons. The van der Waals surface area contributed by atoms with E-state index in [1.54, 1.807) is 31.3 Å². The van der Waals surface area contributed by atoms with Crippen LogP contribution in [0.15, 0.2) is 30.5 Å². The van der Waals surface area contributed by atoms with E-state index in [-0.39, 0.29) is 5.56 Å². The fourth-order valence-corrected chi connectivity index (χ4v) is 1.59. The minimum Gasteiger partial charge on any atom is -0.478 e. The van der Waals surface area contributed by atoms with Crippen LogP contribution in [0.5, 0.6) is 0 Å². The van der Waals surface area contributed by atoms with Crippen molar-refractivity contribution in [1.82, 2.24) is 9.78 Å². The number of hydrogen-bond donors (Lipinski definition) is 1. The molecule has 0 aliphatic heterocycles. The van der Waals surface area contributed by atoms with Crippen molar-refractivity contribution in [1.29, 1.82) is 0 Å². The minimum atomic E-state index is -0.988. The molecule has 5 heteroatoms. The van der Waals surface area contributed by atoms with Crippen molar-refractivity contribution in [2.24, 2.45) is 7.05 Å². The third kappa shape index (κ3) is 1.92. The van der Waals surface area contributed by atoms with Crippen molar-refractivity contribution in [3.05, 3.63) is 41.0 Å². The monoisotopic (exact) mass is 236 g/mol. The number of aromatic carboxylic acids is 1. The number of halogens is 1. The summed E-state index contributed by atoms with van der Waals surface area (Å²) in [6.45, 7) is 0. The molecule has 2 rings (SSSR count). The molecule has 0 unspecified atom stereocenters. The zero-order chi connectivity index (χ0) is 11.7. The topological polar surface area (TPSA) is 55.1 Å². The molecule has 1 aromatic heterocycles. The molecular weight excluding hydrogens is 228 g/mol. The van der Waals surface area contributed by atoms with Crippen LogP contribution >= 0.6 is 11.6 Å². The number of carboxylic acids is 1. The van der Waals surface area contributed by atoms with Gasteiger partial charge in [-0.25, -0.2) is 4.79 Å². The SMILES string of the molecule is Cn1cc(C(=O)O)c(-c2ccc(Cl)cc2)n1. The lowest BCUT2D eigenvalue weighted by atomic mass is 10.1. The summed E-state index contributed by atoms with van der Waals surface area (Å²) in [6, 6.07) is 6.91. The molecule has 0 saturated heterocycles. The molecule has 2 aromatic rings. The zero-order valence-corrected chi connectivity index (χ0v) is 9.27. The van der Waals surface area contributed by atoms with Gasteiger partial charge in [0.1, 0.15) is 11.3 Å². The summed E-state index contributed by atoms with van der Waals surface area (Å²) >= 11 is 5.76. The first-order valence-corrected chi connectivity index (χ1v) is 4.98. The average molecular weight is 237 g/mol. The highest BCUT2D eigenvalue weighted by molar-refractivity contribution is 6.30. The Morgan fingerprint density at radius 3 is 2.56 bits per heavy atom. The number of benzene rings is 1. The van der Waals surface area contributed by atoms with Gasteiger partial charge in [0, 0.05) is 23.8 Å². The lowest BCUT2D eigenvalue weighted by Gasteiger charge is -1.98. The lowest BCUT2D eigenvalue weighted by Crippen LogP contribution is -1.96. The molecule has 82 valence electrons. The number of nitrogens with zero attached hydrogens (tertiary/aromatic N) is 2. The highest BCUT2D eigenvalue weighted by Gasteiger charge is 2.15. The normalized spacial score (nSPS) is 10.4. The van der Waals surface area contributed by atoms with Crippen LogP contribution in [-0.4, -0.2) is 20.9 Å². The maximum absolute atomic E-state index is 11.0. The Balaban J connectivity index is 2.55. The number of aryl methyl sites for hydroxylation is 1. The molecule has 0 bridgehead atoms. The lowest BCUT2D eigenvalue weighted by molar-refractivity contribution is 0.0697. The third-order valence-electron chi connectivity index (χ3n) is 2.18. The number of carboxylic acid groups (broad SMARTS) is 1. The molecule has 0 saturated carbocycles. The van der Waals surface area contributed by atoms with Gasteiger partial charge in [-0.3, -0.25) is 4.68 Å². The van der Waals surface area contributed by atoms with Gasteiger partial charge in [-0.2, -0.15) is 5.10 Å². The molecule has 0 atom stereocenters. The van der Waals surface area contributed by atoms with Gasteiger partial charge >= 0.3 is 5.97 Å². The van der Waals surface area contributed by atoms with E-state index < -0.39 is 5.97 Å². The fraction of sp³-hybridized carbons (Fsp3) is 0.0909. The van der Waals surface area contributed by atoms with Crippen LogP contribution in [0.4, 0.5) is 0 Å². The van der Waals surface area contributed by atoms with Crippen LogP contribution in [0.25, 0.3) is 11.3 Å². The first-order valence-electron chi connectivity index (χ1n) is 4.61. The van der Waals surface area contributed by atoms with Gasteiger partial charge in [0.2, 0.25) is 0 Å². The summed E-state index contributed by atoms with van der Waals surface area (Å²) in [5.74, 6) is -0.988. The molecule has 16 heavy (non-hydrogen) atoms. The molecule has 1 heterocycles. The Morgan fingerprint density at radius 1 is 1.38 bits per heavy atom. The Hall–Kier alpha value is -1.81. The highest BCUT2D eigenvalue weighted by Crippen LogP contribution is 2.23. The van der Waals surface area contributed by atoms with Gasteiger partial charge in [0.05, 0.1) is 0 Å². The minimum absolute atomic E-state index is 0.185. The van der Waals surface area contributed by atoms with Crippen molar-refractivity contribution in [2.45, 2.75) is 0 Å². The van der Waals surface area contributed by atoms with Crippen LogP contribution < -0.4 is 0 Å². The molecular formula is C11H9ClN2O2. The summed E-state index contributed by atoms with van der Waals surface area (Å²) < 4.78 is 1.48. The van der Waals surface area contributed by atoms with E-state index in [2.05, 4.69) is 5.10 Å². The van der Waals surface area contributed by atoms with Crippen molar-refractivity contribution in [3.8, 4) is 11.3 Å². The summed E-state index contributed by atoms with van der Waals surface area (Å²) in [4.78, 5) is 11.0. The van der Waals surface area contributed by atoms with Crippen LogP contribution in [0.2, 0.25) is 5.02 Å². The van der Waals surface area contributed by atoms with Crippen molar-refractivity contribution in [2.75, 3.05) is 0 Å². The Bertz CT molecular complexity index is 531. The van der Waals surface area contributed by atoms with Crippen molar-refractivity contribution < 1.29 is 9.90 Å². The van der Waals surface area contributed by atoms with E-state index in [0.29, 0.717) is 10.7 Å². The summed E-state index contributed by atoms with van der Waals surface area (Å²) in [6.07, 6.45) is 1.48. The quantitative estimate of drug-likeness (QED) is 0.871. The molecule has 0 amide bonds. The summed E-state index contributed by atoms with van der Waals surface area (Å²) in [5, 5.41) is 13.7. The van der Waals surface area contributed by atoms with Crippen LogP contribution in [0.3, 0.4) is 0 Å². The van der Waals surface area contributed by atoms with Gasteiger partial charge in [-0.05, 0) is 12.1 Å². The number of rotatable bonds is 2. The van der Waals surface area contributed by atoms with E-state index in [1.807, 2.05) is 0 Å². The van der Waals surface area contributed by atoms with Gasteiger partial charge < -0.3 is 5.11 Å². The zero-order valence-electron chi connectivity index (χ0n) is 8.51. The van der Waals surface area contributed by atoms with Crippen LogP contribution in [0.1, 0.15) is 10.4 Å². The molecule has 1 N–H and O–H groups in total. The first kappa shape index (κ1) is 10.7. The predicted molar refractivity (Wildman–Crippen MR) is 60.6 cm³/mol. The molecule has 0 fully saturated rings. The Morgan fingerprint density at radius 2 is 2.00 bits per heavy atom.